The molecule has 0 radical (unpaired) electrons. The van der Waals surface area contributed by atoms with E-state index in [9.17, 15) is 0 Å². The lowest BCUT2D eigenvalue weighted by Gasteiger charge is -2.36. The second-order valence-electron chi connectivity index (χ2n) is 23.7. The summed E-state index contributed by atoms with van der Waals surface area (Å²) in [4.78, 5) is 5.06. The second kappa shape index (κ2) is 21.0. The average Bonchev–Trinajstić information content (AvgIpc) is 1.60. The normalized spacial score (nSPS) is 13.9. The minimum absolute atomic E-state index is 0.577. The highest BCUT2D eigenvalue weighted by atomic mass is 15.2. The average molecular weight is 1130 g/mol. The van der Waals surface area contributed by atoms with Crippen LogP contribution in [0.1, 0.15) is 66.8 Å². The largest absolute Gasteiger partial charge is 0.310 e. The predicted molar refractivity (Wildman–Crippen MR) is 368 cm³/mol. The Morgan fingerprint density at radius 3 is 0.809 bits per heavy atom. The van der Waals surface area contributed by atoms with Crippen molar-refractivity contribution in [3.8, 4) is 33.4 Å². The molecule has 3 aliphatic carbocycles. The number of benzene rings is 14. The van der Waals surface area contributed by atoms with Crippen LogP contribution in [0, 0.1) is 0 Å². The van der Waals surface area contributed by atoms with Crippen LogP contribution >= 0.6 is 0 Å². The van der Waals surface area contributed by atoms with E-state index in [4.69, 9.17) is 0 Å². The van der Waals surface area contributed by atoms with E-state index < -0.39 is 16.2 Å². The van der Waals surface area contributed by atoms with Crippen molar-refractivity contribution in [1.82, 2.24) is 0 Å². The van der Waals surface area contributed by atoms with Gasteiger partial charge in [0.05, 0.1) is 27.6 Å². The van der Waals surface area contributed by atoms with E-state index in [-0.39, 0.29) is 0 Å². The number of fused-ring (bicyclic) bond motifs is 9. The summed E-state index contributed by atoms with van der Waals surface area (Å²) < 4.78 is 0. The van der Waals surface area contributed by atoms with E-state index >= 15 is 0 Å². The third-order valence-corrected chi connectivity index (χ3v) is 19.5. The molecule has 0 unspecified atom stereocenters. The Balaban J connectivity index is 0.941. The maximum atomic E-state index is 2.56. The molecule has 89 heavy (non-hydrogen) atoms. The highest BCUT2D eigenvalue weighted by molar-refractivity contribution is 6.01. The SMILES string of the molecule is c1ccc(N(c2cccc(N(c3cccc(C4(c5ccccc5)c5ccccc5-c5ccccc54)c3)c3cccc4c3-c3ccccc3C4(c3ccccc3)c3ccccc3)c2)c2cccc3c2-c2ccccc2C3(c2ccccc2)c2ccccc2)cc1. The van der Waals surface area contributed by atoms with Crippen LogP contribution in [0.5, 0.6) is 0 Å². The van der Waals surface area contributed by atoms with Gasteiger partial charge in [0.25, 0.3) is 0 Å². The highest BCUT2D eigenvalue weighted by Crippen LogP contribution is 2.63. The molecule has 17 rings (SSSR count). The van der Waals surface area contributed by atoms with E-state index in [1.54, 1.807) is 0 Å². The molecule has 2 nitrogen and oxygen atoms in total. The summed E-state index contributed by atoms with van der Waals surface area (Å²) in [6, 6.07) is 136. The molecular formula is C87H60N2. The molecular weight excluding hydrogens is 1070 g/mol. The Hall–Kier alpha value is -11.3. The number of nitrogens with zero attached hydrogens (tertiary/aromatic N) is 2. The van der Waals surface area contributed by atoms with E-state index in [1.165, 1.54) is 100 Å². The minimum atomic E-state index is -0.623. The van der Waals surface area contributed by atoms with Gasteiger partial charge in [0.1, 0.15) is 0 Å². The molecule has 0 aromatic heterocycles. The molecule has 14 aromatic rings. The zero-order chi connectivity index (χ0) is 58.9. The Morgan fingerprint density at radius 1 is 0.169 bits per heavy atom. The van der Waals surface area contributed by atoms with Gasteiger partial charge >= 0.3 is 0 Å². The van der Waals surface area contributed by atoms with E-state index in [0.29, 0.717) is 0 Å². The second-order valence-corrected chi connectivity index (χ2v) is 23.7. The molecule has 0 spiro atoms. The molecule has 418 valence electrons. The Labute approximate surface area is 521 Å². The Morgan fingerprint density at radius 2 is 0.416 bits per heavy atom. The topological polar surface area (TPSA) is 6.48 Å². The first-order chi connectivity index (χ1) is 44.2. The fourth-order valence-corrected chi connectivity index (χ4v) is 16.1. The van der Waals surface area contributed by atoms with Crippen molar-refractivity contribution in [3.05, 3.63) is 431 Å². The highest BCUT2D eigenvalue weighted by Gasteiger charge is 2.50. The van der Waals surface area contributed by atoms with Crippen LogP contribution in [0.25, 0.3) is 33.4 Å². The van der Waals surface area contributed by atoms with Crippen molar-refractivity contribution < 1.29 is 0 Å². The molecule has 2 heteroatoms. The standard InChI is InChI=1S/C87H60N2/c1-7-31-61(32-8-1)85(62-33-9-2-10-34-62)77-53-25-21-49-73(77)83-79(85)55-29-57-81(83)88(67-42-17-6-18-43-67)69-45-28-46-70(60-69)89(68-44-27-41-66(59-68)87(65-39-15-5-16-40-65)75-51-23-19-47-71(75)72-48-20-24-52-76(72)87)82-58-30-56-80-84(82)74-50-22-26-54-78(74)86(80,63-35-11-3-12-36-63)64-37-13-4-14-38-64/h1-60H. The first-order valence-electron chi connectivity index (χ1n) is 31.0. The van der Waals surface area contributed by atoms with Gasteiger partial charge in [-0.1, -0.05) is 309 Å². The molecule has 0 fully saturated rings. The monoisotopic (exact) mass is 1130 g/mol. The summed E-state index contributed by atoms with van der Waals surface area (Å²) in [6.07, 6.45) is 0. The summed E-state index contributed by atoms with van der Waals surface area (Å²) in [5, 5.41) is 0. The number of anilines is 6. The fourth-order valence-electron chi connectivity index (χ4n) is 16.1. The maximum Gasteiger partial charge on any atom is 0.0714 e. The first-order valence-corrected chi connectivity index (χ1v) is 31.0. The Bertz CT molecular complexity index is 4840. The summed E-state index contributed by atoms with van der Waals surface area (Å²) >= 11 is 0. The zero-order valence-electron chi connectivity index (χ0n) is 49.0. The van der Waals surface area contributed by atoms with Gasteiger partial charge in [-0.3, -0.25) is 0 Å². The van der Waals surface area contributed by atoms with Gasteiger partial charge in [0.15, 0.2) is 0 Å². The van der Waals surface area contributed by atoms with Crippen molar-refractivity contribution in [2.75, 3.05) is 9.80 Å². The number of hydrogen-bond donors (Lipinski definition) is 0. The quantitative estimate of drug-likeness (QED) is 0.120. The third-order valence-electron chi connectivity index (χ3n) is 19.5. The van der Waals surface area contributed by atoms with Gasteiger partial charge in [-0.2, -0.15) is 0 Å². The molecule has 0 heterocycles. The van der Waals surface area contributed by atoms with Crippen molar-refractivity contribution in [1.29, 1.82) is 0 Å². The number of hydrogen-bond acceptors (Lipinski definition) is 2. The molecule has 0 saturated carbocycles. The van der Waals surface area contributed by atoms with E-state index in [2.05, 4.69) is 374 Å². The lowest BCUT2D eigenvalue weighted by molar-refractivity contribution is 0.767. The summed E-state index contributed by atoms with van der Waals surface area (Å²) in [7, 11) is 0. The summed E-state index contributed by atoms with van der Waals surface area (Å²) in [5.74, 6) is 0. The lowest BCUT2D eigenvalue weighted by atomic mass is 9.67. The lowest BCUT2D eigenvalue weighted by Crippen LogP contribution is -2.29. The molecule has 0 amide bonds. The van der Waals surface area contributed by atoms with Crippen LogP contribution < -0.4 is 9.80 Å². The smallest absolute Gasteiger partial charge is 0.0714 e. The summed E-state index contributed by atoms with van der Waals surface area (Å²) in [6.45, 7) is 0. The van der Waals surface area contributed by atoms with Crippen LogP contribution in [-0.4, -0.2) is 0 Å². The van der Waals surface area contributed by atoms with Gasteiger partial charge in [-0.15, -0.1) is 0 Å². The molecule has 0 atom stereocenters. The number of para-hydroxylation sites is 1. The van der Waals surface area contributed by atoms with E-state index in [0.717, 1.165) is 34.1 Å². The van der Waals surface area contributed by atoms with Crippen LogP contribution in [-0.2, 0) is 16.2 Å². The molecule has 0 aliphatic heterocycles. The fraction of sp³-hybridized carbons (Fsp3) is 0.0345. The predicted octanol–water partition coefficient (Wildman–Crippen LogP) is 21.7. The molecule has 3 aliphatic rings. The minimum Gasteiger partial charge on any atom is -0.310 e. The van der Waals surface area contributed by atoms with Crippen molar-refractivity contribution in [2.24, 2.45) is 0 Å². The van der Waals surface area contributed by atoms with Crippen molar-refractivity contribution >= 4 is 34.1 Å². The third kappa shape index (κ3) is 7.63. The van der Waals surface area contributed by atoms with Crippen molar-refractivity contribution in [3.63, 3.8) is 0 Å². The zero-order valence-corrected chi connectivity index (χ0v) is 49.0. The van der Waals surface area contributed by atoms with E-state index in [1.807, 2.05) is 0 Å². The molecule has 0 bridgehead atoms. The van der Waals surface area contributed by atoms with Gasteiger partial charge in [0.2, 0.25) is 0 Å². The number of rotatable bonds is 12. The molecule has 0 saturated heterocycles. The molecule has 0 N–H and O–H groups in total. The maximum absolute atomic E-state index is 2.56. The Kier molecular flexibility index (Phi) is 12.3. The van der Waals surface area contributed by atoms with Crippen LogP contribution in [0.4, 0.5) is 34.1 Å². The van der Waals surface area contributed by atoms with Gasteiger partial charge < -0.3 is 9.80 Å². The van der Waals surface area contributed by atoms with Crippen molar-refractivity contribution in [2.45, 2.75) is 16.2 Å². The van der Waals surface area contributed by atoms with Gasteiger partial charge in [0, 0.05) is 33.9 Å². The van der Waals surface area contributed by atoms with Gasteiger partial charge in [-0.05, 0) is 144 Å². The van der Waals surface area contributed by atoms with Crippen LogP contribution in [0.3, 0.4) is 0 Å². The molecule has 14 aromatic carbocycles. The van der Waals surface area contributed by atoms with Crippen LogP contribution in [0.15, 0.2) is 364 Å². The summed E-state index contributed by atoms with van der Waals surface area (Å²) in [5.41, 5.74) is 26.9. The first kappa shape index (κ1) is 52.0. The van der Waals surface area contributed by atoms with Crippen LogP contribution in [0.2, 0.25) is 0 Å². The van der Waals surface area contributed by atoms with Gasteiger partial charge in [-0.25, -0.2) is 0 Å².